The van der Waals surface area contributed by atoms with E-state index in [1.165, 1.54) is 25.1 Å². The molecule has 0 bridgehead atoms. The van der Waals surface area contributed by atoms with E-state index < -0.39 is 24.3 Å². The quantitative estimate of drug-likeness (QED) is 0.827. The highest BCUT2D eigenvalue weighted by Gasteiger charge is 2.21. The minimum absolute atomic E-state index is 0.000721. The van der Waals surface area contributed by atoms with Crippen LogP contribution in [0.5, 0.6) is 0 Å². The van der Waals surface area contributed by atoms with Crippen LogP contribution in [0, 0.1) is 12.7 Å². The van der Waals surface area contributed by atoms with E-state index >= 15 is 0 Å². The fourth-order valence-electron chi connectivity index (χ4n) is 1.59. The van der Waals surface area contributed by atoms with Crippen molar-refractivity contribution in [2.24, 2.45) is 0 Å². The first kappa shape index (κ1) is 14.5. The number of carbonyl (C=O) groups excluding carboxylic acids is 2. The lowest BCUT2D eigenvalue weighted by molar-refractivity contribution is -0.119. The van der Waals surface area contributed by atoms with Gasteiger partial charge >= 0.3 is 5.97 Å². The molecule has 0 saturated heterocycles. The van der Waals surface area contributed by atoms with Gasteiger partial charge in [0, 0.05) is 0 Å². The van der Waals surface area contributed by atoms with Gasteiger partial charge in [0.25, 0.3) is 5.91 Å². The molecular weight excluding hydrogens is 281 g/mol. The molecule has 0 atom stereocenters. The molecule has 8 heteroatoms. The average molecular weight is 293 g/mol. The summed E-state index contributed by atoms with van der Waals surface area (Å²) in [5.74, 6) is -2.29. The molecule has 1 heterocycles. The number of anilines is 2. The summed E-state index contributed by atoms with van der Waals surface area (Å²) in [6.45, 7) is 0.924. The molecule has 1 aromatic carbocycles. The number of para-hydroxylation sites is 1. The Labute approximate surface area is 118 Å². The maximum absolute atomic E-state index is 13.3. The number of ether oxygens (including phenoxy) is 1. The van der Waals surface area contributed by atoms with Crippen molar-refractivity contribution < 1.29 is 23.2 Å². The van der Waals surface area contributed by atoms with Crippen LogP contribution in [0.2, 0.25) is 0 Å². The Morgan fingerprint density at radius 1 is 1.43 bits per heavy atom. The highest BCUT2D eigenvalue weighted by molar-refractivity contribution is 5.98. The number of benzene rings is 1. The summed E-state index contributed by atoms with van der Waals surface area (Å²) in [7, 11) is 0. The van der Waals surface area contributed by atoms with Crippen molar-refractivity contribution in [2.75, 3.05) is 17.7 Å². The monoisotopic (exact) mass is 293 g/mol. The van der Waals surface area contributed by atoms with Crippen molar-refractivity contribution in [2.45, 2.75) is 6.92 Å². The van der Waals surface area contributed by atoms with Crippen LogP contribution in [-0.2, 0) is 9.53 Å². The van der Waals surface area contributed by atoms with Gasteiger partial charge in [-0.05, 0) is 19.1 Å². The third kappa shape index (κ3) is 3.35. The number of aryl methyl sites for hydroxylation is 1. The standard InChI is InChI=1S/C13H12FN3O4/c1-7-11(12(15)21-17-7)13(19)20-6-10(18)16-9-5-3-2-4-8(9)14/h2-5H,6,15H2,1H3,(H,16,18). The summed E-state index contributed by atoms with van der Waals surface area (Å²) in [5.41, 5.74) is 5.63. The van der Waals surface area contributed by atoms with E-state index in [9.17, 15) is 14.0 Å². The topological polar surface area (TPSA) is 107 Å². The van der Waals surface area contributed by atoms with Gasteiger partial charge in [-0.2, -0.15) is 0 Å². The van der Waals surface area contributed by atoms with Gasteiger partial charge in [0.15, 0.2) is 6.61 Å². The SMILES string of the molecule is Cc1noc(N)c1C(=O)OCC(=O)Nc1ccccc1F. The predicted molar refractivity (Wildman–Crippen MR) is 71.0 cm³/mol. The van der Waals surface area contributed by atoms with Crippen LogP contribution in [0.3, 0.4) is 0 Å². The molecule has 0 aliphatic carbocycles. The number of hydrogen-bond acceptors (Lipinski definition) is 6. The number of amides is 1. The first-order valence-electron chi connectivity index (χ1n) is 5.92. The van der Waals surface area contributed by atoms with Crippen LogP contribution in [0.25, 0.3) is 0 Å². The van der Waals surface area contributed by atoms with E-state index in [2.05, 4.69) is 15.0 Å². The van der Waals surface area contributed by atoms with Crippen molar-refractivity contribution in [3.8, 4) is 0 Å². The summed E-state index contributed by atoms with van der Waals surface area (Å²) in [4.78, 5) is 23.3. The molecule has 1 amide bonds. The van der Waals surface area contributed by atoms with Gasteiger partial charge in [0.2, 0.25) is 5.88 Å². The molecule has 0 unspecified atom stereocenters. The van der Waals surface area contributed by atoms with Crippen LogP contribution in [0.15, 0.2) is 28.8 Å². The lowest BCUT2D eigenvalue weighted by Gasteiger charge is -2.07. The number of carbonyl (C=O) groups is 2. The summed E-state index contributed by atoms with van der Waals surface area (Å²) in [6, 6.07) is 5.63. The number of rotatable bonds is 4. The molecule has 2 aromatic rings. The van der Waals surface area contributed by atoms with E-state index in [0.29, 0.717) is 0 Å². The van der Waals surface area contributed by atoms with Crippen molar-refractivity contribution >= 4 is 23.4 Å². The number of esters is 1. The van der Waals surface area contributed by atoms with E-state index in [0.717, 1.165) is 0 Å². The number of nitrogens with one attached hydrogen (secondary N) is 1. The zero-order chi connectivity index (χ0) is 15.4. The molecule has 0 radical (unpaired) electrons. The molecule has 1 aromatic heterocycles. The van der Waals surface area contributed by atoms with Gasteiger partial charge in [0.1, 0.15) is 11.4 Å². The Hall–Kier alpha value is -2.90. The second-order valence-corrected chi connectivity index (χ2v) is 4.11. The number of aromatic nitrogens is 1. The lowest BCUT2D eigenvalue weighted by atomic mass is 10.2. The number of nitrogen functional groups attached to an aromatic ring is 1. The number of halogens is 1. The van der Waals surface area contributed by atoms with Gasteiger partial charge in [-0.1, -0.05) is 17.3 Å². The Kier molecular flexibility index (Phi) is 4.17. The summed E-state index contributed by atoms with van der Waals surface area (Å²) in [6.07, 6.45) is 0. The van der Waals surface area contributed by atoms with Crippen LogP contribution >= 0.6 is 0 Å². The average Bonchev–Trinajstić information content (AvgIpc) is 2.78. The Morgan fingerprint density at radius 3 is 2.76 bits per heavy atom. The maximum atomic E-state index is 13.3. The van der Waals surface area contributed by atoms with Gasteiger partial charge < -0.3 is 20.3 Å². The molecule has 0 saturated carbocycles. The van der Waals surface area contributed by atoms with Crippen molar-refractivity contribution in [1.29, 1.82) is 0 Å². The molecule has 2 rings (SSSR count). The number of hydrogen-bond donors (Lipinski definition) is 2. The lowest BCUT2D eigenvalue weighted by Crippen LogP contribution is -2.21. The molecule has 21 heavy (non-hydrogen) atoms. The third-order valence-electron chi connectivity index (χ3n) is 2.58. The fraction of sp³-hybridized carbons (Fsp3) is 0.154. The normalized spacial score (nSPS) is 10.2. The minimum Gasteiger partial charge on any atom is -0.452 e. The van der Waals surface area contributed by atoms with Crippen LogP contribution in [0.1, 0.15) is 16.1 Å². The highest BCUT2D eigenvalue weighted by Crippen LogP contribution is 2.16. The van der Waals surface area contributed by atoms with E-state index in [1.54, 1.807) is 6.07 Å². The highest BCUT2D eigenvalue weighted by atomic mass is 19.1. The van der Waals surface area contributed by atoms with Crippen LogP contribution < -0.4 is 11.1 Å². The van der Waals surface area contributed by atoms with Gasteiger partial charge in [0.05, 0.1) is 11.4 Å². The predicted octanol–water partition coefficient (Wildman–Crippen LogP) is 1.50. The first-order chi connectivity index (χ1) is 9.99. The van der Waals surface area contributed by atoms with E-state index in [1.807, 2.05) is 0 Å². The van der Waals surface area contributed by atoms with E-state index in [4.69, 9.17) is 10.5 Å². The summed E-state index contributed by atoms with van der Waals surface area (Å²) >= 11 is 0. The Balaban J connectivity index is 1.93. The molecular formula is C13H12FN3O4. The summed E-state index contributed by atoms with van der Waals surface area (Å²) in [5, 5.41) is 5.77. The largest absolute Gasteiger partial charge is 0.452 e. The van der Waals surface area contributed by atoms with Crippen LogP contribution in [0.4, 0.5) is 16.0 Å². The molecule has 110 valence electrons. The smallest absolute Gasteiger partial charge is 0.346 e. The number of nitrogens with two attached hydrogens (primary N) is 1. The molecule has 3 N–H and O–H groups in total. The first-order valence-corrected chi connectivity index (χ1v) is 5.92. The second-order valence-electron chi connectivity index (χ2n) is 4.11. The Morgan fingerprint density at radius 2 is 2.14 bits per heavy atom. The molecule has 0 aliphatic heterocycles. The zero-order valence-electron chi connectivity index (χ0n) is 11.1. The fourth-order valence-corrected chi connectivity index (χ4v) is 1.59. The van der Waals surface area contributed by atoms with Crippen LogP contribution in [-0.4, -0.2) is 23.6 Å². The van der Waals surface area contributed by atoms with E-state index in [-0.39, 0.29) is 22.8 Å². The number of nitrogens with zero attached hydrogens (tertiary/aromatic N) is 1. The summed E-state index contributed by atoms with van der Waals surface area (Å²) < 4.78 is 22.7. The van der Waals surface area contributed by atoms with Crippen molar-refractivity contribution in [1.82, 2.24) is 5.16 Å². The van der Waals surface area contributed by atoms with Crippen molar-refractivity contribution in [3.05, 3.63) is 41.3 Å². The second kappa shape index (κ2) is 6.04. The zero-order valence-corrected chi connectivity index (χ0v) is 11.1. The van der Waals surface area contributed by atoms with Gasteiger partial charge in [-0.3, -0.25) is 4.79 Å². The molecule has 0 aliphatic rings. The third-order valence-corrected chi connectivity index (χ3v) is 2.58. The maximum Gasteiger partial charge on any atom is 0.346 e. The van der Waals surface area contributed by atoms with Crippen molar-refractivity contribution in [3.63, 3.8) is 0 Å². The molecule has 0 spiro atoms. The Bertz CT molecular complexity index is 664. The minimum atomic E-state index is -0.838. The molecule has 7 nitrogen and oxygen atoms in total. The molecule has 0 fully saturated rings. The van der Waals surface area contributed by atoms with Gasteiger partial charge in [-0.15, -0.1) is 0 Å². The van der Waals surface area contributed by atoms with Gasteiger partial charge in [-0.25, -0.2) is 9.18 Å².